The SMILES string of the molecule is O=C(Nc1ccc([C@H]2CCNC2)cc1)c1ccc(Cl)cc1. The van der Waals surface area contributed by atoms with Crippen molar-refractivity contribution in [3.8, 4) is 0 Å². The van der Waals surface area contributed by atoms with Gasteiger partial charge in [-0.15, -0.1) is 0 Å². The first-order valence-electron chi connectivity index (χ1n) is 7.10. The van der Waals surface area contributed by atoms with E-state index in [1.807, 2.05) is 12.1 Å². The molecule has 2 aromatic rings. The Hall–Kier alpha value is -1.84. The van der Waals surface area contributed by atoms with Crippen molar-refractivity contribution in [2.45, 2.75) is 12.3 Å². The van der Waals surface area contributed by atoms with E-state index in [0.29, 0.717) is 16.5 Å². The number of benzene rings is 2. The summed E-state index contributed by atoms with van der Waals surface area (Å²) in [4.78, 5) is 12.1. The van der Waals surface area contributed by atoms with Crippen LogP contribution in [-0.4, -0.2) is 19.0 Å². The summed E-state index contributed by atoms with van der Waals surface area (Å²) in [5, 5.41) is 6.89. The Kier molecular flexibility index (Phi) is 4.23. The molecular formula is C17H17ClN2O. The average Bonchev–Trinajstić information content (AvgIpc) is 3.03. The van der Waals surface area contributed by atoms with Gasteiger partial charge in [0.2, 0.25) is 0 Å². The molecule has 1 saturated heterocycles. The molecule has 0 aromatic heterocycles. The van der Waals surface area contributed by atoms with E-state index in [9.17, 15) is 4.79 Å². The van der Waals surface area contributed by atoms with Crippen molar-refractivity contribution in [3.05, 3.63) is 64.7 Å². The van der Waals surface area contributed by atoms with E-state index in [2.05, 4.69) is 22.8 Å². The molecule has 1 heterocycles. The molecular weight excluding hydrogens is 284 g/mol. The van der Waals surface area contributed by atoms with E-state index in [1.54, 1.807) is 24.3 Å². The van der Waals surface area contributed by atoms with Crippen LogP contribution in [0.4, 0.5) is 5.69 Å². The van der Waals surface area contributed by atoms with Crippen LogP contribution >= 0.6 is 11.6 Å². The molecule has 3 nitrogen and oxygen atoms in total. The Morgan fingerprint density at radius 3 is 2.43 bits per heavy atom. The highest BCUT2D eigenvalue weighted by molar-refractivity contribution is 6.30. The van der Waals surface area contributed by atoms with Gasteiger partial charge in [0.05, 0.1) is 0 Å². The second kappa shape index (κ2) is 6.29. The summed E-state index contributed by atoms with van der Waals surface area (Å²) in [6.07, 6.45) is 1.18. The summed E-state index contributed by atoms with van der Waals surface area (Å²) in [7, 11) is 0. The van der Waals surface area contributed by atoms with Gasteiger partial charge in [0.1, 0.15) is 0 Å². The smallest absolute Gasteiger partial charge is 0.255 e. The van der Waals surface area contributed by atoms with Gasteiger partial charge in [0.25, 0.3) is 5.91 Å². The molecule has 1 amide bonds. The van der Waals surface area contributed by atoms with Crippen molar-refractivity contribution in [1.82, 2.24) is 5.32 Å². The number of halogens is 1. The van der Waals surface area contributed by atoms with Crippen LogP contribution in [0.3, 0.4) is 0 Å². The lowest BCUT2D eigenvalue weighted by atomic mass is 9.98. The van der Waals surface area contributed by atoms with Crippen LogP contribution in [0.1, 0.15) is 28.3 Å². The molecule has 21 heavy (non-hydrogen) atoms. The standard InChI is InChI=1S/C17H17ClN2O/c18-15-5-1-13(2-6-15)17(21)20-16-7-3-12(4-8-16)14-9-10-19-11-14/h1-8,14,19H,9-11H2,(H,20,21)/t14-/m0/s1. The summed E-state index contributed by atoms with van der Waals surface area (Å²) in [6.45, 7) is 2.12. The Labute approximate surface area is 129 Å². The molecule has 0 bridgehead atoms. The van der Waals surface area contributed by atoms with Gasteiger partial charge in [-0.25, -0.2) is 0 Å². The van der Waals surface area contributed by atoms with Crippen molar-refractivity contribution >= 4 is 23.2 Å². The molecule has 0 unspecified atom stereocenters. The lowest BCUT2D eigenvalue weighted by Gasteiger charge is -2.10. The third-order valence-corrected chi connectivity index (χ3v) is 4.06. The maximum Gasteiger partial charge on any atom is 0.255 e. The first-order chi connectivity index (χ1) is 10.2. The van der Waals surface area contributed by atoms with Crippen LogP contribution in [0.25, 0.3) is 0 Å². The van der Waals surface area contributed by atoms with Gasteiger partial charge in [-0.1, -0.05) is 23.7 Å². The molecule has 0 radical (unpaired) electrons. The zero-order chi connectivity index (χ0) is 14.7. The minimum absolute atomic E-state index is 0.123. The van der Waals surface area contributed by atoms with Gasteiger partial charge in [-0.2, -0.15) is 0 Å². The summed E-state index contributed by atoms with van der Waals surface area (Å²) >= 11 is 5.82. The second-order valence-corrected chi connectivity index (χ2v) is 5.71. The zero-order valence-corrected chi connectivity index (χ0v) is 12.4. The quantitative estimate of drug-likeness (QED) is 0.908. The number of nitrogens with one attached hydrogen (secondary N) is 2. The van der Waals surface area contributed by atoms with Crippen LogP contribution in [0.5, 0.6) is 0 Å². The number of hydrogen-bond acceptors (Lipinski definition) is 2. The molecule has 4 heteroatoms. The van der Waals surface area contributed by atoms with Crippen molar-refractivity contribution in [2.75, 3.05) is 18.4 Å². The first-order valence-corrected chi connectivity index (χ1v) is 7.48. The molecule has 1 atom stereocenters. The third kappa shape index (κ3) is 3.43. The molecule has 1 aliphatic heterocycles. The third-order valence-electron chi connectivity index (χ3n) is 3.81. The maximum absolute atomic E-state index is 12.1. The molecule has 2 N–H and O–H groups in total. The van der Waals surface area contributed by atoms with Crippen molar-refractivity contribution < 1.29 is 4.79 Å². The van der Waals surface area contributed by atoms with Crippen molar-refractivity contribution in [1.29, 1.82) is 0 Å². The van der Waals surface area contributed by atoms with E-state index < -0.39 is 0 Å². The summed E-state index contributed by atoms with van der Waals surface area (Å²) in [5.74, 6) is 0.466. The largest absolute Gasteiger partial charge is 0.322 e. The predicted octanol–water partition coefficient (Wildman–Crippen LogP) is 3.67. The van der Waals surface area contributed by atoms with E-state index in [0.717, 1.165) is 18.8 Å². The number of carbonyl (C=O) groups is 1. The van der Waals surface area contributed by atoms with Crippen LogP contribution < -0.4 is 10.6 Å². The van der Waals surface area contributed by atoms with E-state index in [4.69, 9.17) is 11.6 Å². The van der Waals surface area contributed by atoms with Gasteiger partial charge in [-0.3, -0.25) is 4.79 Å². The number of hydrogen-bond donors (Lipinski definition) is 2. The first kappa shape index (κ1) is 14.1. The van der Waals surface area contributed by atoms with Gasteiger partial charge in [0, 0.05) is 22.8 Å². The molecule has 2 aromatic carbocycles. The Morgan fingerprint density at radius 1 is 1.10 bits per heavy atom. The number of rotatable bonds is 3. The highest BCUT2D eigenvalue weighted by Crippen LogP contribution is 2.23. The molecule has 1 fully saturated rings. The van der Waals surface area contributed by atoms with E-state index in [-0.39, 0.29) is 5.91 Å². The average molecular weight is 301 g/mol. The summed E-state index contributed by atoms with van der Waals surface area (Å²) < 4.78 is 0. The number of anilines is 1. The molecule has 3 rings (SSSR count). The fourth-order valence-corrected chi connectivity index (χ4v) is 2.71. The topological polar surface area (TPSA) is 41.1 Å². The van der Waals surface area contributed by atoms with Crippen molar-refractivity contribution in [2.24, 2.45) is 0 Å². The van der Waals surface area contributed by atoms with Gasteiger partial charge >= 0.3 is 0 Å². The number of amides is 1. The zero-order valence-electron chi connectivity index (χ0n) is 11.6. The van der Waals surface area contributed by atoms with Gasteiger partial charge in [-0.05, 0) is 60.8 Å². The van der Waals surface area contributed by atoms with Gasteiger partial charge in [0.15, 0.2) is 0 Å². The fraction of sp³-hybridized carbons (Fsp3) is 0.235. The number of carbonyl (C=O) groups excluding carboxylic acids is 1. The predicted molar refractivity (Wildman–Crippen MR) is 86.1 cm³/mol. The van der Waals surface area contributed by atoms with Crippen LogP contribution in [0.15, 0.2) is 48.5 Å². The summed E-state index contributed by atoms with van der Waals surface area (Å²) in [6, 6.07) is 15.0. The normalized spacial score (nSPS) is 17.7. The molecule has 0 spiro atoms. The second-order valence-electron chi connectivity index (χ2n) is 5.27. The minimum Gasteiger partial charge on any atom is -0.322 e. The lowest BCUT2D eigenvalue weighted by molar-refractivity contribution is 0.102. The highest BCUT2D eigenvalue weighted by Gasteiger charge is 2.16. The van der Waals surface area contributed by atoms with Crippen LogP contribution in [-0.2, 0) is 0 Å². The Morgan fingerprint density at radius 2 is 1.81 bits per heavy atom. The lowest BCUT2D eigenvalue weighted by Crippen LogP contribution is -2.12. The van der Waals surface area contributed by atoms with Crippen molar-refractivity contribution in [3.63, 3.8) is 0 Å². The van der Waals surface area contributed by atoms with Crippen LogP contribution in [0.2, 0.25) is 5.02 Å². The van der Waals surface area contributed by atoms with E-state index >= 15 is 0 Å². The van der Waals surface area contributed by atoms with Crippen LogP contribution in [0, 0.1) is 0 Å². The molecule has 0 aliphatic carbocycles. The van der Waals surface area contributed by atoms with Gasteiger partial charge < -0.3 is 10.6 Å². The van der Waals surface area contributed by atoms with E-state index in [1.165, 1.54) is 12.0 Å². The molecule has 1 aliphatic rings. The molecule has 0 saturated carbocycles. The molecule has 108 valence electrons. The minimum atomic E-state index is -0.123. The Bertz CT molecular complexity index is 616. The summed E-state index contributed by atoms with van der Waals surface area (Å²) in [5.41, 5.74) is 2.73. The fourth-order valence-electron chi connectivity index (χ4n) is 2.58. The highest BCUT2D eigenvalue weighted by atomic mass is 35.5. The monoisotopic (exact) mass is 300 g/mol. The Balaban J connectivity index is 1.67. The maximum atomic E-state index is 12.1.